The molecule has 0 aromatic carbocycles. The molecule has 1 aromatic heterocycles. The molecule has 7 heteroatoms. The fraction of sp³-hybridized carbons (Fsp3) is 0.333. The van der Waals surface area contributed by atoms with Crippen LogP contribution >= 0.6 is 0 Å². The Morgan fingerprint density at radius 3 is 2.75 bits per heavy atom. The lowest BCUT2D eigenvalue weighted by atomic mass is 10.0. The minimum atomic E-state index is 0.121. The van der Waals surface area contributed by atoms with Gasteiger partial charge < -0.3 is 9.64 Å². The lowest BCUT2D eigenvalue weighted by Gasteiger charge is -2.18. The normalized spacial score (nSPS) is 21.0. The topological polar surface area (TPSA) is 68.4 Å². The van der Waals surface area contributed by atoms with Crippen molar-refractivity contribution in [3.63, 3.8) is 0 Å². The molecule has 28 heavy (non-hydrogen) atoms. The third-order valence-electron chi connectivity index (χ3n) is 4.72. The standard InChI is InChI=1S/C21H26N6O/c1-7-19(27-13-15(3)28-17(27)5)11-14(2)16(4)18-9-8-10-20(22-12-18)21-23-25-26(6)24-21/h7-9,11-12,15H,1,5,10,13H2,2-4,6H3/b16-14+,19-11+/t15-/m0/s1. The molecule has 0 radical (unpaired) electrons. The molecule has 7 nitrogen and oxygen atoms in total. The Kier molecular flexibility index (Phi) is 5.73. The van der Waals surface area contributed by atoms with E-state index in [9.17, 15) is 0 Å². The molecule has 0 aliphatic carbocycles. The molecule has 3 rings (SSSR count). The van der Waals surface area contributed by atoms with E-state index in [1.807, 2.05) is 24.1 Å². The summed E-state index contributed by atoms with van der Waals surface area (Å²) in [6.45, 7) is 14.9. The minimum Gasteiger partial charge on any atom is -0.474 e. The van der Waals surface area contributed by atoms with E-state index in [-0.39, 0.29) is 6.10 Å². The molecular weight excluding hydrogens is 352 g/mol. The van der Waals surface area contributed by atoms with Crippen molar-refractivity contribution in [3.05, 3.63) is 77.8 Å². The zero-order valence-corrected chi connectivity index (χ0v) is 16.9. The third kappa shape index (κ3) is 4.19. The van der Waals surface area contributed by atoms with Crippen LogP contribution in [0.4, 0.5) is 0 Å². The van der Waals surface area contributed by atoms with E-state index in [0.717, 1.165) is 34.7 Å². The summed E-state index contributed by atoms with van der Waals surface area (Å²) in [6, 6.07) is 0. The average molecular weight is 378 g/mol. The maximum Gasteiger partial charge on any atom is 0.219 e. The molecule has 1 atom stereocenters. The quantitative estimate of drug-likeness (QED) is 0.734. The first-order chi connectivity index (χ1) is 13.4. The highest BCUT2D eigenvalue weighted by Crippen LogP contribution is 2.26. The smallest absolute Gasteiger partial charge is 0.219 e. The van der Waals surface area contributed by atoms with Gasteiger partial charge in [-0.3, -0.25) is 4.99 Å². The van der Waals surface area contributed by atoms with Crippen molar-refractivity contribution in [3.8, 4) is 0 Å². The lowest BCUT2D eigenvalue weighted by Crippen LogP contribution is -2.18. The van der Waals surface area contributed by atoms with E-state index in [0.29, 0.717) is 18.1 Å². The predicted octanol–water partition coefficient (Wildman–Crippen LogP) is 3.44. The van der Waals surface area contributed by atoms with Gasteiger partial charge in [0, 0.05) is 18.3 Å². The second-order valence-electron chi connectivity index (χ2n) is 6.88. The van der Waals surface area contributed by atoms with E-state index in [4.69, 9.17) is 4.74 Å². The monoisotopic (exact) mass is 378 g/mol. The van der Waals surface area contributed by atoms with Crippen LogP contribution in [0.3, 0.4) is 0 Å². The average Bonchev–Trinajstić information content (AvgIpc) is 3.14. The zero-order chi connectivity index (χ0) is 20.3. The number of hydrogen-bond donors (Lipinski definition) is 0. The number of aromatic nitrogens is 4. The molecule has 3 heterocycles. The summed E-state index contributed by atoms with van der Waals surface area (Å²) in [5.41, 5.74) is 5.06. The maximum absolute atomic E-state index is 5.65. The van der Waals surface area contributed by atoms with Crippen LogP contribution in [-0.2, 0) is 11.8 Å². The number of hydrogen-bond acceptors (Lipinski definition) is 6. The molecule has 0 unspecified atom stereocenters. The van der Waals surface area contributed by atoms with Crippen molar-refractivity contribution in [1.82, 2.24) is 25.1 Å². The number of aryl methyl sites for hydroxylation is 1. The van der Waals surface area contributed by atoms with Crippen LogP contribution < -0.4 is 0 Å². The van der Waals surface area contributed by atoms with Gasteiger partial charge in [-0.25, -0.2) is 0 Å². The molecule has 2 aliphatic heterocycles. The largest absolute Gasteiger partial charge is 0.474 e. The molecule has 1 fully saturated rings. The fourth-order valence-corrected chi connectivity index (χ4v) is 3.06. The number of nitrogens with zero attached hydrogens (tertiary/aromatic N) is 6. The molecule has 0 saturated carbocycles. The number of ether oxygens (including phenoxy) is 1. The second-order valence-corrected chi connectivity index (χ2v) is 6.88. The van der Waals surface area contributed by atoms with Crippen LogP contribution in [-0.4, -0.2) is 43.5 Å². The molecule has 0 bridgehead atoms. The van der Waals surface area contributed by atoms with Crippen LogP contribution in [0.1, 0.15) is 33.0 Å². The van der Waals surface area contributed by atoms with Gasteiger partial charge >= 0.3 is 0 Å². The van der Waals surface area contributed by atoms with Crippen molar-refractivity contribution in [1.29, 1.82) is 0 Å². The molecule has 0 N–H and O–H groups in total. The minimum absolute atomic E-state index is 0.121. The number of allylic oxidation sites excluding steroid dienone is 7. The van der Waals surface area contributed by atoms with E-state index >= 15 is 0 Å². The Hall–Kier alpha value is -3.22. The van der Waals surface area contributed by atoms with Crippen molar-refractivity contribution in [2.24, 2.45) is 12.0 Å². The summed E-state index contributed by atoms with van der Waals surface area (Å²) in [7, 11) is 1.74. The maximum atomic E-state index is 5.65. The third-order valence-corrected chi connectivity index (χ3v) is 4.72. The van der Waals surface area contributed by atoms with Gasteiger partial charge in [0.1, 0.15) is 6.10 Å². The van der Waals surface area contributed by atoms with Crippen LogP contribution in [0.5, 0.6) is 0 Å². The number of aliphatic imine (C=N–C) groups is 1. The fourth-order valence-electron chi connectivity index (χ4n) is 3.06. The summed E-state index contributed by atoms with van der Waals surface area (Å²) in [5, 5.41) is 12.2. The molecule has 0 spiro atoms. The predicted molar refractivity (Wildman–Crippen MR) is 110 cm³/mol. The Morgan fingerprint density at radius 1 is 1.36 bits per heavy atom. The summed E-state index contributed by atoms with van der Waals surface area (Å²) < 4.78 is 5.65. The summed E-state index contributed by atoms with van der Waals surface area (Å²) in [5.74, 6) is 1.21. The highest BCUT2D eigenvalue weighted by molar-refractivity contribution is 5.98. The summed E-state index contributed by atoms with van der Waals surface area (Å²) in [4.78, 5) is 8.06. The van der Waals surface area contributed by atoms with Crippen molar-refractivity contribution in [2.45, 2.75) is 33.3 Å². The van der Waals surface area contributed by atoms with Crippen LogP contribution in [0.2, 0.25) is 0 Å². The van der Waals surface area contributed by atoms with Gasteiger partial charge in [-0.2, -0.15) is 4.80 Å². The Labute approximate surface area is 165 Å². The molecule has 0 amide bonds. The molecule has 1 saturated heterocycles. The highest BCUT2D eigenvalue weighted by atomic mass is 16.5. The van der Waals surface area contributed by atoms with Gasteiger partial charge in [-0.15, -0.1) is 10.2 Å². The van der Waals surface area contributed by atoms with E-state index in [1.54, 1.807) is 7.05 Å². The van der Waals surface area contributed by atoms with Gasteiger partial charge in [0.15, 0.2) is 5.88 Å². The SMILES string of the molecule is C=C/C(=C\C(C)=C(/C)C1=CN=C(c2nnn(C)n2)CC=C1)N1C[C@H](C)OC1=C. The van der Waals surface area contributed by atoms with E-state index in [1.165, 1.54) is 4.80 Å². The second kappa shape index (κ2) is 8.21. The first-order valence-corrected chi connectivity index (χ1v) is 9.22. The summed E-state index contributed by atoms with van der Waals surface area (Å²) >= 11 is 0. The highest BCUT2D eigenvalue weighted by Gasteiger charge is 2.24. The van der Waals surface area contributed by atoms with Crippen molar-refractivity contribution in [2.75, 3.05) is 6.54 Å². The summed E-state index contributed by atoms with van der Waals surface area (Å²) in [6.07, 6.45) is 10.7. The van der Waals surface area contributed by atoms with Crippen molar-refractivity contribution < 1.29 is 4.74 Å². The number of rotatable bonds is 5. The molecule has 1 aromatic rings. The lowest BCUT2D eigenvalue weighted by molar-refractivity contribution is 0.179. The Morgan fingerprint density at radius 2 is 2.14 bits per heavy atom. The first-order valence-electron chi connectivity index (χ1n) is 9.22. The first kappa shape index (κ1) is 19.5. The van der Waals surface area contributed by atoms with Crippen LogP contribution in [0, 0.1) is 0 Å². The van der Waals surface area contributed by atoms with Crippen LogP contribution in [0.25, 0.3) is 0 Å². The zero-order valence-electron chi connectivity index (χ0n) is 16.9. The Bertz CT molecular complexity index is 944. The Balaban J connectivity index is 1.88. The van der Waals surface area contributed by atoms with Gasteiger partial charge in [0.05, 0.1) is 19.3 Å². The van der Waals surface area contributed by atoms with Crippen LogP contribution in [0.15, 0.2) is 77.0 Å². The number of tetrazole rings is 1. The van der Waals surface area contributed by atoms with Gasteiger partial charge in [0.2, 0.25) is 5.82 Å². The van der Waals surface area contributed by atoms with Gasteiger partial charge in [0.25, 0.3) is 0 Å². The van der Waals surface area contributed by atoms with Crippen molar-refractivity contribution >= 4 is 5.71 Å². The van der Waals surface area contributed by atoms with Gasteiger partial charge in [-0.1, -0.05) is 18.7 Å². The molecule has 146 valence electrons. The van der Waals surface area contributed by atoms with E-state index < -0.39 is 0 Å². The van der Waals surface area contributed by atoms with E-state index in [2.05, 4.69) is 65.6 Å². The molecular formula is C21H26N6O. The molecule has 2 aliphatic rings. The van der Waals surface area contributed by atoms with Gasteiger partial charge in [-0.05, 0) is 61.4 Å².